The van der Waals surface area contributed by atoms with Gasteiger partial charge in [-0.3, -0.25) is 9.88 Å². The Bertz CT molecular complexity index is 738. The highest BCUT2D eigenvalue weighted by Crippen LogP contribution is 2.27. The fraction of sp³-hybridized carbons (Fsp3) is 0.650. The van der Waals surface area contributed by atoms with Crippen molar-refractivity contribution in [3.63, 3.8) is 0 Å². The van der Waals surface area contributed by atoms with Crippen LogP contribution in [0.3, 0.4) is 0 Å². The highest BCUT2D eigenvalue weighted by molar-refractivity contribution is 5.48. The maximum atomic E-state index is 5.92. The number of aromatic nitrogens is 3. The van der Waals surface area contributed by atoms with Crippen LogP contribution in [0.1, 0.15) is 39.2 Å². The van der Waals surface area contributed by atoms with E-state index in [1.54, 1.807) is 0 Å². The molecule has 0 amide bonds. The third kappa shape index (κ3) is 4.14. The summed E-state index contributed by atoms with van der Waals surface area (Å²) in [6.07, 6.45) is 4.14. The Morgan fingerprint density at radius 2 is 1.74 bits per heavy atom. The van der Waals surface area contributed by atoms with E-state index >= 15 is 0 Å². The van der Waals surface area contributed by atoms with E-state index in [2.05, 4.69) is 51.8 Å². The zero-order valence-corrected chi connectivity index (χ0v) is 16.5. The average Bonchev–Trinajstić information content (AvgIpc) is 3.18. The van der Waals surface area contributed by atoms with Gasteiger partial charge in [-0.05, 0) is 29.9 Å². The molecule has 0 bridgehead atoms. The molecule has 0 unspecified atom stereocenters. The second-order valence-electron chi connectivity index (χ2n) is 8.44. The zero-order chi connectivity index (χ0) is 18.9. The number of piperidine rings is 1. The van der Waals surface area contributed by atoms with Gasteiger partial charge >= 0.3 is 6.01 Å². The first kappa shape index (κ1) is 18.4. The predicted molar refractivity (Wildman–Crippen MR) is 104 cm³/mol. The van der Waals surface area contributed by atoms with Gasteiger partial charge in [-0.15, -0.1) is 5.10 Å². The van der Waals surface area contributed by atoms with Gasteiger partial charge in [0.1, 0.15) is 5.69 Å². The summed E-state index contributed by atoms with van der Waals surface area (Å²) in [5.74, 6) is 0.487. The molecule has 7 heteroatoms. The molecule has 0 aromatic carbocycles. The lowest BCUT2D eigenvalue weighted by molar-refractivity contribution is 0.0113. The summed E-state index contributed by atoms with van der Waals surface area (Å²) in [6, 6.07) is 5.29. The molecule has 0 aliphatic carbocycles. The number of morpholine rings is 1. The van der Waals surface area contributed by atoms with Gasteiger partial charge in [0.15, 0.2) is 0 Å². The topological polar surface area (TPSA) is 67.5 Å². The molecule has 4 heterocycles. The Kier molecular flexibility index (Phi) is 5.14. The van der Waals surface area contributed by atoms with Crippen molar-refractivity contribution in [1.82, 2.24) is 20.1 Å². The van der Waals surface area contributed by atoms with Gasteiger partial charge in [0.2, 0.25) is 0 Å². The van der Waals surface area contributed by atoms with Crippen molar-refractivity contribution in [2.45, 2.75) is 45.1 Å². The Hall–Kier alpha value is -1.99. The van der Waals surface area contributed by atoms with Crippen molar-refractivity contribution in [3.8, 4) is 11.6 Å². The molecule has 2 aromatic rings. The van der Waals surface area contributed by atoms with Gasteiger partial charge in [0.05, 0.1) is 13.2 Å². The molecular formula is C20H29N5O2. The average molecular weight is 371 g/mol. The molecule has 0 atom stereocenters. The zero-order valence-electron chi connectivity index (χ0n) is 16.5. The first-order chi connectivity index (χ1) is 13.0. The number of ether oxygens (including phenoxy) is 1. The van der Waals surface area contributed by atoms with Gasteiger partial charge in [-0.1, -0.05) is 31.9 Å². The van der Waals surface area contributed by atoms with E-state index in [0.717, 1.165) is 57.9 Å². The molecule has 2 fully saturated rings. The molecule has 0 N–H and O–H groups in total. The summed E-state index contributed by atoms with van der Waals surface area (Å²) < 4.78 is 11.4. The Labute approximate surface area is 160 Å². The van der Waals surface area contributed by atoms with Crippen molar-refractivity contribution >= 4 is 6.01 Å². The predicted octanol–water partition coefficient (Wildman–Crippen LogP) is 2.73. The van der Waals surface area contributed by atoms with Crippen molar-refractivity contribution in [2.24, 2.45) is 0 Å². The SMILES string of the molecule is CC(C)(C)c1ccc(-c2nnc(N3CCC(N4CCOCC4)CC3)o2)nc1. The van der Waals surface area contributed by atoms with Gasteiger partial charge in [0.25, 0.3) is 5.89 Å². The molecule has 4 rings (SSSR count). The van der Waals surface area contributed by atoms with Crippen LogP contribution in [0.25, 0.3) is 11.6 Å². The minimum Gasteiger partial charge on any atom is -0.402 e. The van der Waals surface area contributed by atoms with E-state index in [0.29, 0.717) is 17.9 Å². The van der Waals surface area contributed by atoms with Crippen LogP contribution in [0.2, 0.25) is 0 Å². The van der Waals surface area contributed by atoms with Crippen molar-refractivity contribution < 1.29 is 9.15 Å². The maximum Gasteiger partial charge on any atom is 0.318 e. The molecule has 2 aliphatic heterocycles. The molecule has 0 radical (unpaired) electrons. The fourth-order valence-electron chi connectivity index (χ4n) is 3.78. The Morgan fingerprint density at radius 1 is 1.00 bits per heavy atom. The summed E-state index contributed by atoms with van der Waals surface area (Å²) >= 11 is 0. The van der Waals surface area contributed by atoms with Crippen LogP contribution >= 0.6 is 0 Å². The fourth-order valence-corrected chi connectivity index (χ4v) is 3.78. The van der Waals surface area contributed by atoms with Crippen LogP contribution in [0.5, 0.6) is 0 Å². The largest absolute Gasteiger partial charge is 0.402 e. The van der Waals surface area contributed by atoms with Crippen LogP contribution in [-0.4, -0.2) is 65.5 Å². The van der Waals surface area contributed by atoms with E-state index in [1.807, 2.05) is 12.3 Å². The monoisotopic (exact) mass is 371 g/mol. The minimum atomic E-state index is 0.0797. The second kappa shape index (κ2) is 7.56. The van der Waals surface area contributed by atoms with Crippen LogP contribution in [0.4, 0.5) is 6.01 Å². The molecule has 0 spiro atoms. The molecule has 2 aromatic heterocycles. The molecule has 2 aliphatic rings. The number of hydrogen-bond acceptors (Lipinski definition) is 7. The smallest absolute Gasteiger partial charge is 0.318 e. The molecule has 0 saturated carbocycles. The lowest BCUT2D eigenvalue weighted by Crippen LogP contribution is -2.49. The van der Waals surface area contributed by atoms with Crippen molar-refractivity contribution in [3.05, 3.63) is 23.9 Å². The third-order valence-electron chi connectivity index (χ3n) is 5.56. The lowest BCUT2D eigenvalue weighted by Gasteiger charge is -2.39. The summed E-state index contributed by atoms with van der Waals surface area (Å²) in [5.41, 5.74) is 2.00. The van der Waals surface area contributed by atoms with Crippen LogP contribution in [-0.2, 0) is 10.2 Å². The van der Waals surface area contributed by atoms with Crippen LogP contribution in [0.15, 0.2) is 22.7 Å². The summed E-state index contributed by atoms with van der Waals surface area (Å²) in [5, 5.41) is 8.48. The van der Waals surface area contributed by atoms with E-state index in [1.165, 1.54) is 5.56 Å². The van der Waals surface area contributed by atoms with Crippen molar-refractivity contribution in [1.29, 1.82) is 0 Å². The van der Waals surface area contributed by atoms with E-state index < -0.39 is 0 Å². The lowest BCUT2D eigenvalue weighted by atomic mass is 9.88. The quantitative estimate of drug-likeness (QED) is 0.822. The van der Waals surface area contributed by atoms with E-state index in [9.17, 15) is 0 Å². The van der Waals surface area contributed by atoms with E-state index in [-0.39, 0.29) is 5.41 Å². The molecule has 7 nitrogen and oxygen atoms in total. The van der Waals surface area contributed by atoms with Crippen LogP contribution in [0, 0.1) is 0 Å². The Balaban J connectivity index is 1.38. The standard InChI is InChI=1S/C20H29N5O2/c1-20(2,3)15-4-5-17(21-14-15)18-22-23-19(27-18)25-8-6-16(7-9-25)24-10-12-26-13-11-24/h4-5,14,16H,6-13H2,1-3H3. The third-order valence-corrected chi connectivity index (χ3v) is 5.56. The van der Waals surface area contributed by atoms with Gasteiger partial charge < -0.3 is 14.1 Å². The number of pyridine rings is 1. The molecule has 2 saturated heterocycles. The second-order valence-corrected chi connectivity index (χ2v) is 8.44. The first-order valence-corrected chi connectivity index (χ1v) is 9.88. The first-order valence-electron chi connectivity index (χ1n) is 9.88. The molecule has 27 heavy (non-hydrogen) atoms. The van der Waals surface area contributed by atoms with Crippen LogP contribution < -0.4 is 4.90 Å². The Morgan fingerprint density at radius 3 is 2.37 bits per heavy atom. The van der Waals surface area contributed by atoms with Gasteiger partial charge in [-0.25, -0.2) is 0 Å². The summed E-state index contributed by atoms with van der Waals surface area (Å²) in [7, 11) is 0. The highest BCUT2D eigenvalue weighted by Gasteiger charge is 2.28. The summed E-state index contributed by atoms with van der Waals surface area (Å²) in [4.78, 5) is 9.26. The normalized spacial score (nSPS) is 20.2. The number of rotatable bonds is 3. The van der Waals surface area contributed by atoms with Gasteiger partial charge in [0, 0.05) is 38.4 Å². The highest BCUT2D eigenvalue weighted by atomic mass is 16.5. The van der Waals surface area contributed by atoms with Gasteiger partial charge in [-0.2, -0.15) is 0 Å². The molecule has 146 valence electrons. The number of nitrogens with zero attached hydrogens (tertiary/aromatic N) is 5. The maximum absolute atomic E-state index is 5.92. The minimum absolute atomic E-state index is 0.0797. The number of anilines is 1. The molecular weight excluding hydrogens is 342 g/mol. The summed E-state index contributed by atoms with van der Waals surface area (Å²) in [6.45, 7) is 12.2. The number of hydrogen-bond donors (Lipinski definition) is 0. The van der Waals surface area contributed by atoms with Crippen molar-refractivity contribution in [2.75, 3.05) is 44.3 Å². The van der Waals surface area contributed by atoms with E-state index in [4.69, 9.17) is 9.15 Å².